The number of carboxylic acid groups (broad SMARTS) is 1. The normalized spacial score (nSPS) is 18.0. The summed E-state index contributed by atoms with van der Waals surface area (Å²) in [6.07, 6.45) is 6.80. The maximum atomic E-state index is 12.3. The number of fused-ring (bicyclic) bond motifs is 1. The van der Waals surface area contributed by atoms with E-state index in [2.05, 4.69) is 0 Å². The molecule has 0 saturated heterocycles. The summed E-state index contributed by atoms with van der Waals surface area (Å²) in [5.74, 6) is 0.0244. The molecule has 0 bridgehead atoms. The minimum atomic E-state index is -0.913. The van der Waals surface area contributed by atoms with Gasteiger partial charge in [0.2, 0.25) is 5.91 Å². The molecule has 112 valence electrons. The average molecular weight is 287 g/mol. The van der Waals surface area contributed by atoms with E-state index in [-0.39, 0.29) is 5.91 Å². The minimum Gasteiger partial charge on any atom is -0.478 e. The third-order valence-corrected chi connectivity index (χ3v) is 4.77. The van der Waals surface area contributed by atoms with Gasteiger partial charge in [-0.25, -0.2) is 4.79 Å². The first kappa shape index (κ1) is 14.1. The summed E-state index contributed by atoms with van der Waals surface area (Å²) in [6, 6.07) is 5.15. The number of carbonyl (C=O) groups is 2. The van der Waals surface area contributed by atoms with Crippen molar-refractivity contribution in [2.75, 3.05) is 0 Å². The molecule has 0 aromatic heterocycles. The Morgan fingerprint density at radius 1 is 1.14 bits per heavy atom. The van der Waals surface area contributed by atoms with Gasteiger partial charge in [0.1, 0.15) is 0 Å². The summed E-state index contributed by atoms with van der Waals surface area (Å²) < 4.78 is 0. The molecule has 1 aromatic rings. The Morgan fingerprint density at radius 2 is 1.86 bits per heavy atom. The van der Waals surface area contributed by atoms with Crippen molar-refractivity contribution in [2.24, 2.45) is 5.92 Å². The van der Waals surface area contributed by atoms with Gasteiger partial charge in [0.15, 0.2) is 0 Å². The molecule has 0 spiro atoms. The highest BCUT2D eigenvalue weighted by Gasteiger charge is 2.25. The van der Waals surface area contributed by atoms with E-state index in [1.165, 1.54) is 25.7 Å². The zero-order valence-corrected chi connectivity index (χ0v) is 12.2. The van der Waals surface area contributed by atoms with Crippen molar-refractivity contribution in [1.82, 2.24) is 4.90 Å². The van der Waals surface area contributed by atoms with Crippen molar-refractivity contribution in [3.63, 3.8) is 0 Å². The molecule has 2 aliphatic rings. The van der Waals surface area contributed by atoms with Gasteiger partial charge in [-0.15, -0.1) is 0 Å². The van der Waals surface area contributed by atoms with Crippen LogP contribution in [0.2, 0.25) is 0 Å². The molecule has 4 heteroatoms. The van der Waals surface area contributed by atoms with Crippen molar-refractivity contribution < 1.29 is 14.7 Å². The predicted molar refractivity (Wildman–Crippen MR) is 78.8 cm³/mol. The van der Waals surface area contributed by atoms with Gasteiger partial charge < -0.3 is 10.0 Å². The minimum absolute atomic E-state index is 0.204. The quantitative estimate of drug-likeness (QED) is 0.925. The summed E-state index contributed by atoms with van der Waals surface area (Å²) >= 11 is 0. The Balaban J connectivity index is 1.58. The van der Waals surface area contributed by atoms with E-state index in [9.17, 15) is 9.59 Å². The van der Waals surface area contributed by atoms with Gasteiger partial charge in [0.25, 0.3) is 0 Å². The first-order valence-electron chi connectivity index (χ1n) is 7.76. The monoisotopic (exact) mass is 287 g/mol. The highest BCUT2D eigenvalue weighted by molar-refractivity contribution is 5.88. The molecular weight excluding hydrogens is 266 g/mol. The molecule has 21 heavy (non-hydrogen) atoms. The zero-order valence-electron chi connectivity index (χ0n) is 12.2. The maximum Gasteiger partial charge on any atom is 0.335 e. The SMILES string of the molecule is O=C(O)c1ccc2c(c1)CN(C(=O)CCC1CCCC1)C2. The van der Waals surface area contributed by atoms with E-state index in [1.54, 1.807) is 12.1 Å². The van der Waals surface area contributed by atoms with Gasteiger partial charge in [0.05, 0.1) is 5.56 Å². The number of carboxylic acids is 1. The van der Waals surface area contributed by atoms with Crippen LogP contribution in [0.3, 0.4) is 0 Å². The number of carbonyl (C=O) groups excluding carboxylic acids is 1. The standard InChI is InChI=1S/C17H21NO3/c19-16(8-5-12-3-1-2-4-12)18-10-14-7-6-13(17(20)21)9-15(14)11-18/h6-7,9,12H,1-5,8,10-11H2,(H,20,21). The highest BCUT2D eigenvalue weighted by atomic mass is 16.4. The largest absolute Gasteiger partial charge is 0.478 e. The average Bonchev–Trinajstić information content (AvgIpc) is 3.12. The number of rotatable bonds is 4. The van der Waals surface area contributed by atoms with E-state index < -0.39 is 5.97 Å². The van der Waals surface area contributed by atoms with E-state index in [0.717, 1.165) is 23.5 Å². The molecule has 0 atom stereocenters. The van der Waals surface area contributed by atoms with Gasteiger partial charge in [-0.2, -0.15) is 0 Å². The lowest BCUT2D eigenvalue weighted by atomic mass is 10.0. The van der Waals surface area contributed by atoms with Crippen LogP contribution in [0.1, 0.15) is 60.0 Å². The maximum absolute atomic E-state index is 12.3. The number of hydrogen-bond donors (Lipinski definition) is 1. The molecule has 4 nitrogen and oxygen atoms in total. The van der Waals surface area contributed by atoms with Crippen molar-refractivity contribution in [1.29, 1.82) is 0 Å². The van der Waals surface area contributed by atoms with Crippen LogP contribution in [-0.4, -0.2) is 21.9 Å². The van der Waals surface area contributed by atoms with Crippen LogP contribution in [0.15, 0.2) is 18.2 Å². The van der Waals surface area contributed by atoms with E-state index >= 15 is 0 Å². The lowest BCUT2D eigenvalue weighted by Gasteiger charge is -2.16. The van der Waals surface area contributed by atoms with E-state index in [4.69, 9.17) is 5.11 Å². The first-order chi connectivity index (χ1) is 10.1. The number of nitrogens with zero attached hydrogens (tertiary/aromatic N) is 1. The van der Waals surface area contributed by atoms with Gasteiger partial charge in [-0.05, 0) is 35.6 Å². The highest BCUT2D eigenvalue weighted by Crippen LogP contribution is 2.30. The lowest BCUT2D eigenvalue weighted by molar-refractivity contribution is -0.132. The van der Waals surface area contributed by atoms with Gasteiger partial charge in [0, 0.05) is 19.5 Å². The Morgan fingerprint density at radius 3 is 2.57 bits per heavy atom. The van der Waals surface area contributed by atoms with Gasteiger partial charge >= 0.3 is 5.97 Å². The number of amides is 1. The smallest absolute Gasteiger partial charge is 0.335 e. The van der Waals surface area contributed by atoms with Crippen molar-refractivity contribution in [2.45, 2.75) is 51.6 Å². The molecule has 1 heterocycles. The molecule has 3 rings (SSSR count). The van der Waals surface area contributed by atoms with E-state index in [0.29, 0.717) is 25.1 Å². The molecule has 0 unspecified atom stereocenters. The molecule has 1 N–H and O–H groups in total. The summed E-state index contributed by atoms with van der Waals surface area (Å²) in [7, 11) is 0. The lowest BCUT2D eigenvalue weighted by Crippen LogP contribution is -2.25. The molecule has 1 saturated carbocycles. The molecular formula is C17H21NO3. The van der Waals surface area contributed by atoms with Gasteiger partial charge in [-0.1, -0.05) is 31.7 Å². The summed E-state index contributed by atoms with van der Waals surface area (Å²) in [5, 5.41) is 9.02. The van der Waals surface area contributed by atoms with Crippen LogP contribution in [-0.2, 0) is 17.9 Å². The third kappa shape index (κ3) is 3.09. The first-order valence-corrected chi connectivity index (χ1v) is 7.76. The second-order valence-electron chi connectivity index (χ2n) is 6.23. The summed E-state index contributed by atoms with van der Waals surface area (Å²) in [6.45, 7) is 1.18. The molecule has 1 amide bonds. The van der Waals surface area contributed by atoms with Crippen molar-refractivity contribution in [3.05, 3.63) is 34.9 Å². The number of hydrogen-bond acceptors (Lipinski definition) is 2. The van der Waals surface area contributed by atoms with Crippen molar-refractivity contribution in [3.8, 4) is 0 Å². The topological polar surface area (TPSA) is 57.6 Å². The van der Waals surface area contributed by atoms with Crippen LogP contribution in [0, 0.1) is 5.92 Å². The Bertz CT molecular complexity index is 561. The van der Waals surface area contributed by atoms with Crippen molar-refractivity contribution >= 4 is 11.9 Å². The summed E-state index contributed by atoms with van der Waals surface area (Å²) in [4.78, 5) is 25.1. The van der Waals surface area contributed by atoms with Crippen LogP contribution >= 0.6 is 0 Å². The van der Waals surface area contributed by atoms with Crippen LogP contribution in [0.25, 0.3) is 0 Å². The summed E-state index contributed by atoms with van der Waals surface area (Å²) in [5.41, 5.74) is 2.35. The Kier molecular flexibility index (Phi) is 3.95. The molecule has 1 aromatic carbocycles. The molecule has 0 radical (unpaired) electrons. The van der Waals surface area contributed by atoms with Crippen LogP contribution in [0.5, 0.6) is 0 Å². The van der Waals surface area contributed by atoms with Gasteiger partial charge in [-0.3, -0.25) is 4.79 Å². The molecule has 1 aliphatic heterocycles. The fourth-order valence-corrected chi connectivity index (χ4v) is 3.49. The third-order valence-electron chi connectivity index (χ3n) is 4.77. The fourth-order valence-electron chi connectivity index (χ4n) is 3.49. The Hall–Kier alpha value is -1.84. The molecule has 1 aliphatic carbocycles. The number of benzene rings is 1. The number of aromatic carboxylic acids is 1. The van der Waals surface area contributed by atoms with Crippen LogP contribution in [0.4, 0.5) is 0 Å². The predicted octanol–water partition coefficient (Wildman–Crippen LogP) is 3.20. The second-order valence-corrected chi connectivity index (χ2v) is 6.23. The zero-order chi connectivity index (χ0) is 14.8. The van der Waals surface area contributed by atoms with E-state index in [1.807, 2.05) is 11.0 Å². The molecule has 1 fully saturated rings. The van der Waals surface area contributed by atoms with Crippen LogP contribution < -0.4 is 0 Å². The second kappa shape index (κ2) is 5.88. The fraction of sp³-hybridized carbons (Fsp3) is 0.529. The Labute approximate surface area is 124 Å².